The molecule has 1 fully saturated rings. The Morgan fingerprint density at radius 2 is 2.00 bits per heavy atom. The molecule has 5 heteroatoms. The number of carbonyl (C=O) groups is 1. The molecule has 3 nitrogen and oxygen atoms in total. The molecule has 98 valence electrons. The Bertz CT molecular complexity index is 445. The predicted molar refractivity (Wildman–Crippen MR) is 77.1 cm³/mol. The van der Waals surface area contributed by atoms with Gasteiger partial charge in [0.25, 0.3) is 5.24 Å². The van der Waals surface area contributed by atoms with Gasteiger partial charge in [-0.2, -0.15) is 0 Å². The lowest BCUT2D eigenvalue weighted by Crippen LogP contribution is -2.43. The van der Waals surface area contributed by atoms with Crippen molar-refractivity contribution in [3.63, 3.8) is 0 Å². The van der Waals surface area contributed by atoms with Gasteiger partial charge >= 0.3 is 0 Å². The number of hydrogen-bond acceptors (Lipinski definition) is 3. The maximum atomic E-state index is 11.1. The van der Waals surface area contributed by atoms with Crippen molar-refractivity contribution in [1.29, 1.82) is 0 Å². The van der Waals surface area contributed by atoms with Crippen LogP contribution in [0.15, 0.2) is 22.7 Å². The molecule has 0 bridgehead atoms. The van der Waals surface area contributed by atoms with Gasteiger partial charge in [-0.25, -0.2) is 0 Å². The molecular formula is C13H16BrClN2O. The number of nitrogens with zero attached hydrogens (tertiary/aromatic N) is 2. The topological polar surface area (TPSA) is 23.6 Å². The molecule has 2 rings (SSSR count). The van der Waals surface area contributed by atoms with Gasteiger partial charge in [-0.15, -0.1) is 0 Å². The van der Waals surface area contributed by atoms with E-state index in [0.29, 0.717) is 5.56 Å². The van der Waals surface area contributed by atoms with Crippen molar-refractivity contribution < 1.29 is 4.79 Å². The Kier molecular flexibility index (Phi) is 4.78. The van der Waals surface area contributed by atoms with Gasteiger partial charge in [-0.1, -0.05) is 22.0 Å². The number of piperazine rings is 1. The van der Waals surface area contributed by atoms with E-state index in [1.54, 1.807) is 12.1 Å². The lowest BCUT2D eigenvalue weighted by molar-refractivity contribution is 0.108. The Hall–Kier alpha value is -0.420. The largest absolute Gasteiger partial charge is 0.304 e. The van der Waals surface area contributed by atoms with Gasteiger partial charge in [0.2, 0.25) is 0 Å². The maximum Gasteiger partial charge on any atom is 0.252 e. The lowest BCUT2D eigenvalue weighted by Gasteiger charge is -2.32. The third-order valence-electron chi connectivity index (χ3n) is 3.27. The smallest absolute Gasteiger partial charge is 0.252 e. The van der Waals surface area contributed by atoms with E-state index in [1.807, 2.05) is 6.07 Å². The molecule has 0 amide bonds. The number of hydrogen-bond donors (Lipinski definition) is 0. The molecule has 18 heavy (non-hydrogen) atoms. The molecule has 1 aliphatic rings. The minimum absolute atomic E-state index is 0.415. The summed E-state index contributed by atoms with van der Waals surface area (Å²) in [6, 6.07) is 5.55. The Morgan fingerprint density at radius 1 is 1.33 bits per heavy atom. The Morgan fingerprint density at radius 3 is 2.56 bits per heavy atom. The van der Waals surface area contributed by atoms with Crippen LogP contribution in [0.1, 0.15) is 15.9 Å². The molecule has 0 aliphatic carbocycles. The second kappa shape index (κ2) is 6.15. The predicted octanol–water partition coefficient (Wildman–Crippen LogP) is 2.58. The summed E-state index contributed by atoms with van der Waals surface area (Å²) in [6.45, 7) is 5.29. The third-order valence-corrected chi connectivity index (χ3v) is 4.23. The van der Waals surface area contributed by atoms with Crippen molar-refractivity contribution >= 4 is 32.8 Å². The summed E-state index contributed by atoms with van der Waals surface area (Å²) in [5, 5.41) is -0.415. The van der Waals surface area contributed by atoms with Crippen LogP contribution in [0.25, 0.3) is 0 Å². The second-order valence-corrected chi connectivity index (χ2v) is 5.86. The van der Waals surface area contributed by atoms with Crippen molar-refractivity contribution in [3.05, 3.63) is 33.8 Å². The van der Waals surface area contributed by atoms with Gasteiger partial charge in [-0.05, 0) is 36.3 Å². The minimum Gasteiger partial charge on any atom is -0.304 e. The SMILES string of the molecule is CN1CCN(Cc2ccc(C(=O)Cl)cc2Br)CC1. The first-order chi connectivity index (χ1) is 8.56. The summed E-state index contributed by atoms with van der Waals surface area (Å²) in [6.07, 6.45) is 0. The molecule has 0 atom stereocenters. The first kappa shape index (κ1) is 14.0. The molecule has 0 spiro atoms. The van der Waals surface area contributed by atoms with E-state index in [1.165, 1.54) is 5.56 Å². The van der Waals surface area contributed by atoms with Crippen LogP contribution in [0, 0.1) is 0 Å². The van der Waals surface area contributed by atoms with Crippen LogP contribution in [0.4, 0.5) is 0 Å². The molecule has 0 saturated carbocycles. The number of rotatable bonds is 3. The summed E-state index contributed by atoms with van der Waals surface area (Å²) in [7, 11) is 2.15. The van der Waals surface area contributed by atoms with E-state index in [2.05, 4.69) is 32.8 Å². The third kappa shape index (κ3) is 3.54. The lowest BCUT2D eigenvalue weighted by atomic mass is 10.1. The highest BCUT2D eigenvalue weighted by atomic mass is 79.9. The zero-order valence-electron chi connectivity index (χ0n) is 10.3. The van der Waals surface area contributed by atoms with Crippen molar-refractivity contribution in [2.75, 3.05) is 33.2 Å². The van der Waals surface area contributed by atoms with E-state index in [4.69, 9.17) is 11.6 Å². The number of carbonyl (C=O) groups excluding carboxylic acids is 1. The summed E-state index contributed by atoms with van der Waals surface area (Å²) >= 11 is 8.97. The number of likely N-dealkylation sites (N-methyl/N-ethyl adjacent to an activating group) is 1. The summed E-state index contributed by atoms with van der Waals surface area (Å²) in [4.78, 5) is 15.8. The average Bonchev–Trinajstić information content (AvgIpc) is 2.34. The summed E-state index contributed by atoms with van der Waals surface area (Å²) in [5.74, 6) is 0. The van der Waals surface area contributed by atoms with Gasteiger partial charge in [0.1, 0.15) is 0 Å². The highest BCUT2D eigenvalue weighted by molar-refractivity contribution is 9.10. The first-order valence-electron chi connectivity index (χ1n) is 5.95. The first-order valence-corrected chi connectivity index (χ1v) is 7.12. The zero-order valence-corrected chi connectivity index (χ0v) is 12.7. The standard InChI is InChI=1S/C13H16BrClN2O/c1-16-4-6-17(7-5-16)9-11-3-2-10(13(15)18)8-12(11)14/h2-3,8H,4-7,9H2,1H3. The van der Waals surface area contributed by atoms with Crippen LogP contribution in [-0.2, 0) is 6.54 Å². The van der Waals surface area contributed by atoms with E-state index in [0.717, 1.165) is 37.2 Å². The second-order valence-electron chi connectivity index (χ2n) is 4.66. The van der Waals surface area contributed by atoms with Crippen molar-refractivity contribution in [2.24, 2.45) is 0 Å². The van der Waals surface area contributed by atoms with Gasteiger partial charge in [0.05, 0.1) is 0 Å². The summed E-state index contributed by atoms with van der Waals surface area (Å²) < 4.78 is 0.952. The number of halogens is 2. The van der Waals surface area contributed by atoms with E-state index < -0.39 is 5.24 Å². The monoisotopic (exact) mass is 330 g/mol. The van der Waals surface area contributed by atoms with Crippen LogP contribution in [0.5, 0.6) is 0 Å². The zero-order chi connectivity index (χ0) is 13.1. The molecule has 0 radical (unpaired) electrons. The molecular weight excluding hydrogens is 316 g/mol. The van der Waals surface area contributed by atoms with Gasteiger partial charge in [0, 0.05) is 42.8 Å². The molecule has 0 aromatic heterocycles. The molecule has 1 heterocycles. The average molecular weight is 332 g/mol. The van der Waals surface area contributed by atoms with Crippen LogP contribution in [0.3, 0.4) is 0 Å². The summed E-state index contributed by atoms with van der Waals surface area (Å²) in [5.41, 5.74) is 1.73. The Balaban J connectivity index is 2.03. The van der Waals surface area contributed by atoms with Crippen molar-refractivity contribution in [2.45, 2.75) is 6.54 Å². The van der Waals surface area contributed by atoms with Crippen LogP contribution < -0.4 is 0 Å². The molecule has 0 N–H and O–H groups in total. The minimum atomic E-state index is -0.415. The highest BCUT2D eigenvalue weighted by Crippen LogP contribution is 2.21. The quantitative estimate of drug-likeness (QED) is 0.795. The molecule has 1 aromatic carbocycles. The fourth-order valence-corrected chi connectivity index (χ4v) is 2.67. The molecule has 1 aromatic rings. The number of benzene rings is 1. The van der Waals surface area contributed by atoms with Crippen LogP contribution in [0.2, 0.25) is 0 Å². The maximum absolute atomic E-state index is 11.1. The fraction of sp³-hybridized carbons (Fsp3) is 0.462. The van der Waals surface area contributed by atoms with E-state index in [-0.39, 0.29) is 0 Å². The molecule has 0 unspecified atom stereocenters. The van der Waals surface area contributed by atoms with E-state index in [9.17, 15) is 4.79 Å². The van der Waals surface area contributed by atoms with Crippen molar-refractivity contribution in [1.82, 2.24) is 9.80 Å². The molecule has 1 aliphatic heterocycles. The highest BCUT2D eigenvalue weighted by Gasteiger charge is 2.15. The fourth-order valence-electron chi connectivity index (χ4n) is 2.04. The van der Waals surface area contributed by atoms with Gasteiger partial charge in [0.15, 0.2) is 0 Å². The Labute approximate surface area is 121 Å². The normalized spacial score (nSPS) is 17.9. The van der Waals surface area contributed by atoms with Crippen LogP contribution in [-0.4, -0.2) is 48.3 Å². The van der Waals surface area contributed by atoms with E-state index >= 15 is 0 Å². The van der Waals surface area contributed by atoms with Crippen LogP contribution >= 0.6 is 27.5 Å². The van der Waals surface area contributed by atoms with Gasteiger partial charge < -0.3 is 4.90 Å². The van der Waals surface area contributed by atoms with Crippen molar-refractivity contribution in [3.8, 4) is 0 Å². The molecule has 1 saturated heterocycles. The van der Waals surface area contributed by atoms with Gasteiger partial charge in [-0.3, -0.25) is 9.69 Å².